The molecule has 0 bridgehead atoms. The molecule has 4 N–H and O–H groups in total. The van der Waals surface area contributed by atoms with E-state index >= 15 is 0 Å². The molecule has 0 aliphatic heterocycles. The molecule has 102 valence electrons. The van der Waals surface area contributed by atoms with Gasteiger partial charge in [0.2, 0.25) is 0 Å². The number of aromatic nitrogens is 2. The molecule has 0 spiro atoms. The van der Waals surface area contributed by atoms with Crippen LogP contribution in [0.25, 0.3) is 0 Å². The van der Waals surface area contributed by atoms with Crippen LogP contribution in [0.1, 0.15) is 44.5 Å². The van der Waals surface area contributed by atoms with Crippen LogP contribution in [0.3, 0.4) is 0 Å². The van der Waals surface area contributed by atoms with Crippen molar-refractivity contribution in [2.45, 2.75) is 47.0 Å². The van der Waals surface area contributed by atoms with Crippen LogP contribution in [0.2, 0.25) is 0 Å². The molecule has 0 amide bonds. The van der Waals surface area contributed by atoms with Gasteiger partial charge in [0.1, 0.15) is 17.5 Å². The van der Waals surface area contributed by atoms with Crippen LogP contribution in [0, 0.1) is 19.8 Å². The lowest BCUT2D eigenvalue weighted by Gasteiger charge is -2.12. The lowest BCUT2D eigenvalue weighted by molar-refractivity contribution is 0.544. The predicted octanol–water partition coefficient (Wildman–Crippen LogP) is 2.62. The normalized spacial score (nSPS) is 10.8. The van der Waals surface area contributed by atoms with Crippen LogP contribution >= 0.6 is 0 Å². The first kappa shape index (κ1) is 14.7. The summed E-state index contributed by atoms with van der Waals surface area (Å²) in [5, 5.41) is 3.36. The summed E-state index contributed by atoms with van der Waals surface area (Å²) in [4.78, 5) is 8.63. The number of nitrogen functional groups attached to an aromatic ring is 1. The number of nitrogens with two attached hydrogens (primary N) is 1. The van der Waals surface area contributed by atoms with Crippen molar-refractivity contribution in [3.63, 3.8) is 0 Å². The Morgan fingerprint density at radius 2 is 1.78 bits per heavy atom. The van der Waals surface area contributed by atoms with Crippen LogP contribution in [-0.4, -0.2) is 16.5 Å². The van der Waals surface area contributed by atoms with E-state index in [2.05, 4.69) is 34.6 Å². The molecule has 1 aromatic rings. The van der Waals surface area contributed by atoms with Crippen LogP contribution in [-0.2, 0) is 0 Å². The molecule has 5 nitrogen and oxygen atoms in total. The fourth-order valence-electron chi connectivity index (χ4n) is 1.83. The minimum atomic E-state index is 0.687. The Balaban J connectivity index is 2.49. The highest BCUT2D eigenvalue weighted by Gasteiger charge is 2.07. The summed E-state index contributed by atoms with van der Waals surface area (Å²) in [6.45, 7) is 9.28. The van der Waals surface area contributed by atoms with Gasteiger partial charge in [0, 0.05) is 12.1 Å². The summed E-state index contributed by atoms with van der Waals surface area (Å²) in [6.07, 6.45) is 3.68. The highest BCUT2D eigenvalue weighted by atomic mass is 15.3. The van der Waals surface area contributed by atoms with Gasteiger partial charge in [-0.2, -0.15) is 0 Å². The number of nitrogens with zero attached hydrogens (tertiary/aromatic N) is 2. The molecule has 18 heavy (non-hydrogen) atoms. The third kappa shape index (κ3) is 4.49. The average Bonchev–Trinajstić information content (AvgIpc) is 2.32. The Kier molecular flexibility index (Phi) is 5.85. The molecular formula is C13H25N5. The monoisotopic (exact) mass is 251 g/mol. The molecule has 0 radical (unpaired) electrons. The van der Waals surface area contributed by atoms with Crippen molar-refractivity contribution in [3.05, 3.63) is 11.4 Å². The standard InChI is InChI=1S/C13H25N5/c1-9(2)7-5-6-8-15-12-10(3)13(18-14)17-11(4)16-12/h9H,5-8,14H2,1-4H3,(H2,15,16,17,18). The number of hydrogen-bond donors (Lipinski definition) is 3. The maximum atomic E-state index is 5.43. The van der Waals surface area contributed by atoms with Gasteiger partial charge in [-0.3, -0.25) is 0 Å². The predicted molar refractivity (Wildman–Crippen MR) is 76.5 cm³/mol. The second-order valence-electron chi connectivity index (χ2n) is 5.05. The third-order valence-corrected chi connectivity index (χ3v) is 2.90. The minimum absolute atomic E-state index is 0.687. The molecule has 0 aliphatic rings. The fraction of sp³-hybridized carbons (Fsp3) is 0.692. The van der Waals surface area contributed by atoms with Crippen molar-refractivity contribution in [1.82, 2.24) is 9.97 Å². The van der Waals surface area contributed by atoms with E-state index in [0.717, 1.165) is 36.1 Å². The number of hydrogen-bond acceptors (Lipinski definition) is 5. The molecule has 1 aromatic heterocycles. The first-order valence-corrected chi connectivity index (χ1v) is 6.60. The van der Waals surface area contributed by atoms with E-state index in [1.807, 2.05) is 13.8 Å². The number of nitrogens with one attached hydrogen (secondary N) is 2. The maximum Gasteiger partial charge on any atom is 0.148 e. The summed E-state index contributed by atoms with van der Waals surface area (Å²) in [7, 11) is 0. The van der Waals surface area contributed by atoms with Gasteiger partial charge in [0.05, 0.1) is 0 Å². The molecule has 0 unspecified atom stereocenters. The van der Waals surface area contributed by atoms with E-state index in [0.29, 0.717) is 5.82 Å². The van der Waals surface area contributed by atoms with Gasteiger partial charge in [0.25, 0.3) is 0 Å². The lowest BCUT2D eigenvalue weighted by Crippen LogP contribution is -2.14. The topological polar surface area (TPSA) is 75.9 Å². The van der Waals surface area contributed by atoms with E-state index in [1.54, 1.807) is 0 Å². The summed E-state index contributed by atoms with van der Waals surface area (Å²) in [6, 6.07) is 0. The van der Waals surface area contributed by atoms with Gasteiger partial charge < -0.3 is 10.7 Å². The van der Waals surface area contributed by atoms with Crippen molar-refractivity contribution in [2.75, 3.05) is 17.3 Å². The fourth-order valence-corrected chi connectivity index (χ4v) is 1.83. The summed E-state index contributed by atoms with van der Waals surface area (Å²) < 4.78 is 0. The molecule has 0 aliphatic carbocycles. The van der Waals surface area contributed by atoms with E-state index in [1.165, 1.54) is 12.8 Å². The Hall–Kier alpha value is -1.36. The smallest absolute Gasteiger partial charge is 0.148 e. The molecule has 0 saturated carbocycles. The quantitative estimate of drug-likeness (QED) is 0.394. The van der Waals surface area contributed by atoms with Crippen molar-refractivity contribution >= 4 is 11.6 Å². The van der Waals surface area contributed by atoms with Gasteiger partial charge in [0.15, 0.2) is 0 Å². The molecule has 5 heteroatoms. The molecule has 0 saturated heterocycles. The highest BCUT2D eigenvalue weighted by molar-refractivity contribution is 5.56. The van der Waals surface area contributed by atoms with Gasteiger partial charge >= 0.3 is 0 Å². The largest absolute Gasteiger partial charge is 0.370 e. The van der Waals surface area contributed by atoms with Gasteiger partial charge in [-0.25, -0.2) is 15.8 Å². The zero-order valence-electron chi connectivity index (χ0n) is 11.9. The Labute approximate surface area is 110 Å². The first-order chi connectivity index (χ1) is 8.54. The second kappa shape index (κ2) is 7.16. The zero-order chi connectivity index (χ0) is 13.5. The second-order valence-corrected chi connectivity index (χ2v) is 5.05. The summed E-state index contributed by atoms with van der Waals surface area (Å²) >= 11 is 0. The van der Waals surface area contributed by atoms with Crippen LogP contribution in [0.15, 0.2) is 0 Å². The van der Waals surface area contributed by atoms with E-state index < -0.39 is 0 Å². The van der Waals surface area contributed by atoms with E-state index in [9.17, 15) is 0 Å². The molecular weight excluding hydrogens is 226 g/mol. The number of hydrazine groups is 1. The average molecular weight is 251 g/mol. The minimum Gasteiger partial charge on any atom is -0.370 e. The van der Waals surface area contributed by atoms with Crippen LogP contribution in [0.4, 0.5) is 11.6 Å². The third-order valence-electron chi connectivity index (χ3n) is 2.90. The molecule has 1 heterocycles. The Morgan fingerprint density at radius 1 is 1.11 bits per heavy atom. The molecule has 0 aromatic carbocycles. The summed E-state index contributed by atoms with van der Waals surface area (Å²) in [5.41, 5.74) is 3.57. The van der Waals surface area contributed by atoms with Gasteiger partial charge in [-0.1, -0.05) is 26.7 Å². The van der Waals surface area contributed by atoms with Crippen molar-refractivity contribution in [1.29, 1.82) is 0 Å². The van der Waals surface area contributed by atoms with Crippen LogP contribution < -0.4 is 16.6 Å². The first-order valence-electron chi connectivity index (χ1n) is 6.60. The Bertz CT molecular complexity index is 376. The van der Waals surface area contributed by atoms with Crippen molar-refractivity contribution < 1.29 is 0 Å². The Morgan fingerprint density at radius 3 is 2.39 bits per heavy atom. The molecule has 1 rings (SSSR count). The SMILES string of the molecule is Cc1nc(NN)c(C)c(NCCCCC(C)C)n1. The van der Waals surface area contributed by atoms with Crippen molar-refractivity contribution in [2.24, 2.45) is 11.8 Å². The number of aryl methyl sites for hydroxylation is 1. The van der Waals surface area contributed by atoms with E-state index in [-0.39, 0.29) is 0 Å². The highest BCUT2D eigenvalue weighted by Crippen LogP contribution is 2.19. The maximum absolute atomic E-state index is 5.43. The number of anilines is 2. The summed E-state index contributed by atoms with van der Waals surface area (Å²) in [5.74, 6) is 8.49. The van der Waals surface area contributed by atoms with Crippen LogP contribution in [0.5, 0.6) is 0 Å². The van der Waals surface area contributed by atoms with Crippen molar-refractivity contribution in [3.8, 4) is 0 Å². The lowest BCUT2D eigenvalue weighted by atomic mass is 10.1. The van der Waals surface area contributed by atoms with Gasteiger partial charge in [-0.05, 0) is 26.2 Å². The molecule has 0 fully saturated rings. The van der Waals surface area contributed by atoms with E-state index in [4.69, 9.17) is 5.84 Å². The number of unbranched alkanes of at least 4 members (excludes halogenated alkanes) is 1. The zero-order valence-corrected chi connectivity index (χ0v) is 11.9. The molecule has 0 atom stereocenters. The van der Waals surface area contributed by atoms with Gasteiger partial charge in [-0.15, -0.1) is 0 Å². The number of rotatable bonds is 7.